The van der Waals surface area contributed by atoms with Crippen LogP contribution in [-0.2, 0) is 21.4 Å². The van der Waals surface area contributed by atoms with Gasteiger partial charge in [0.1, 0.15) is 0 Å². The third-order valence-electron chi connectivity index (χ3n) is 5.12. The van der Waals surface area contributed by atoms with Gasteiger partial charge in [-0.1, -0.05) is 30.3 Å². The van der Waals surface area contributed by atoms with Gasteiger partial charge in [-0.2, -0.15) is 0 Å². The van der Waals surface area contributed by atoms with E-state index in [9.17, 15) is 9.59 Å². The fourth-order valence-corrected chi connectivity index (χ4v) is 3.59. The van der Waals surface area contributed by atoms with Gasteiger partial charge < -0.3 is 10.2 Å². The summed E-state index contributed by atoms with van der Waals surface area (Å²) in [6.07, 6.45) is 2.63. The summed E-state index contributed by atoms with van der Waals surface area (Å²) in [7, 11) is 0. The molecule has 4 heteroatoms. The number of nitrogens with zero attached hydrogens (tertiary/aromatic N) is 1. The number of nitrogens with one attached hydrogen (secondary N) is 1. The molecule has 0 saturated heterocycles. The Morgan fingerprint density at radius 3 is 2.50 bits per heavy atom. The molecule has 1 N–H and O–H groups in total. The van der Waals surface area contributed by atoms with E-state index in [0.29, 0.717) is 0 Å². The molecule has 0 unspecified atom stereocenters. The molecule has 0 radical (unpaired) electrons. The van der Waals surface area contributed by atoms with Crippen molar-refractivity contribution in [2.45, 2.75) is 31.6 Å². The zero-order chi connectivity index (χ0) is 16.7. The number of hydrogen-bond donors (Lipinski definition) is 1. The highest BCUT2D eigenvalue weighted by molar-refractivity contribution is 6.02. The zero-order valence-electron chi connectivity index (χ0n) is 13.7. The molecule has 2 aliphatic rings. The summed E-state index contributed by atoms with van der Waals surface area (Å²) >= 11 is 0. The minimum atomic E-state index is -0.369. The third-order valence-corrected chi connectivity index (χ3v) is 5.12. The van der Waals surface area contributed by atoms with E-state index in [1.54, 1.807) is 11.8 Å². The van der Waals surface area contributed by atoms with E-state index in [1.807, 2.05) is 48.5 Å². The molecule has 2 amide bonds. The van der Waals surface area contributed by atoms with Crippen LogP contribution in [0.2, 0.25) is 0 Å². The van der Waals surface area contributed by atoms with Gasteiger partial charge in [0.2, 0.25) is 11.8 Å². The predicted molar refractivity (Wildman–Crippen MR) is 94.2 cm³/mol. The van der Waals surface area contributed by atoms with Crippen molar-refractivity contribution in [2.24, 2.45) is 0 Å². The second-order valence-corrected chi connectivity index (χ2v) is 6.67. The molecular formula is C20H20N2O2. The van der Waals surface area contributed by atoms with Crippen LogP contribution in [0.25, 0.3) is 0 Å². The quantitative estimate of drug-likeness (QED) is 0.943. The lowest BCUT2D eigenvalue weighted by atomic mass is 9.95. The Morgan fingerprint density at radius 1 is 1.08 bits per heavy atom. The first-order valence-electron chi connectivity index (χ1n) is 8.38. The fourth-order valence-electron chi connectivity index (χ4n) is 3.59. The Bertz CT molecular complexity index is 810. The molecule has 4 nitrogen and oxygen atoms in total. The first-order valence-corrected chi connectivity index (χ1v) is 8.38. The van der Waals surface area contributed by atoms with Crippen LogP contribution in [0, 0.1) is 0 Å². The van der Waals surface area contributed by atoms with Crippen molar-refractivity contribution >= 4 is 23.2 Å². The number of benzene rings is 2. The lowest BCUT2D eigenvalue weighted by molar-refractivity contribution is -0.118. The maximum Gasteiger partial charge on any atom is 0.235 e. The average Bonchev–Trinajstić information content (AvgIpc) is 3.29. The summed E-state index contributed by atoms with van der Waals surface area (Å²) in [6.45, 7) is 2.30. The lowest BCUT2D eigenvalue weighted by Crippen LogP contribution is -2.27. The van der Waals surface area contributed by atoms with Crippen molar-refractivity contribution in [3.05, 3.63) is 59.7 Å². The van der Waals surface area contributed by atoms with Crippen LogP contribution in [0.5, 0.6) is 0 Å². The first kappa shape index (κ1) is 14.9. The molecule has 2 aromatic carbocycles. The van der Waals surface area contributed by atoms with Gasteiger partial charge in [0, 0.05) is 24.8 Å². The summed E-state index contributed by atoms with van der Waals surface area (Å²) in [4.78, 5) is 26.2. The van der Waals surface area contributed by atoms with Crippen LogP contribution in [0.4, 0.5) is 11.4 Å². The van der Waals surface area contributed by atoms with E-state index in [0.717, 1.165) is 48.3 Å². The van der Waals surface area contributed by atoms with Crippen molar-refractivity contribution in [2.75, 3.05) is 16.8 Å². The highest BCUT2D eigenvalue weighted by Crippen LogP contribution is 2.49. The van der Waals surface area contributed by atoms with Crippen molar-refractivity contribution in [1.29, 1.82) is 0 Å². The van der Waals surface area contributed by atoms with Crippen LogP contribution >= 0.6 is 0 Å². The summed E-state index contributed by atoms with van der Waals surface area (Å²) in [6, 6.07) is 15.8. The van der Waals surface area contributed by atoms with Gasteiger partial charge in [0.15, 0.2) is 0 Å². The van der Waals surface area contributed by atoms with Crippen LogP contribution in [-0.4, -0.2) is 18.4 Å². The Balaban J connectivity index is 1.55. The molecule has 1 heterocycles. The van der Waals surface area contributed by atoms with E-state index in [2.05, 4.69) is 5.32 Å². The van der Waals surface area contributed by atoms with Crippen molar-refractivity contribution in [3.63, 3.8) is 0 Å². The topological polar surface area (TPSA) is 49.4 Å². The van der Waals surface area contributed by atoms with E-state index >= 15 is 0 Å². The SMILES string of the molecule is CC(=O)N1CCc2cc(NC(=O)C3(c4ccccc4)CC3)ccc21. The van der Waals surface area contributed by atoms with Crippen molar-refractivity contribution in [1.82, 2.24) is 0 Å². The number of carbonyl (C=O) groups excluding carboxylic acids is 2. The zero-order valence-corrected chi connectivity index (χ0v) is 13.7. The van der Waals surface area contributed by atoms with Crippen LogP contribution < -0.4 is 10.2 Å². The number of amides is 2. The number of rotatable bonds is 3. The standard InChI is InChI=1S/C20H20N2O2/c1-14(23)22-12-9-15-13-17(7-8-18(15)22)21-19(24)20(10-11-20)16-5-3-2-4-6-16/h2-8,13H,9-12H2,1H3,(H,21,24). The third kappa shape index (κ3) is 2.39. The van der Waals surface area contributed by atoms with Crippen LogP contribution in [0.15, 0.2) is 48.5 Å². The molecular weight excluding hydrogens is 300 g/mol. The molecule has 0 aromatic heterocycles. The van der Waals surface area contributed by atoms with Crippen molar-refractivity contribution < 1.29 is 9.59 Å². The molecule has 0 bridgehead atoms. The largest absolute Gasteiger partial charge is 0.325 e. The normalized spacial score (nSPS) is 17.3. The second kappa shape index (κ2) is 5.48. The first-order chi connectivity index (χ1) is 11.6. The van der Waals surface area contributed by atoms with Gasteiger partial charge in [-0.3, -0.25) is 9.59 Å². The minimum Gasteiger partial charge on any atom is -0.325 e. The van der Waals surface area contributed by atoms with Crippen molar-refractivity contribution in [3.8, 4) is 0 Å². The maximum atomic E-state index is 12.8. The summed E-state index contributed by atoms with van der Waals surface area (Å²) in [5.74, 6) is 0.126. The average molecular weight is 320 g/mol. The molecule has 4 rings (SSSR count). The summed E-state index contributed by atoms with van der Waals surface area (Å²) < 4.78 is 0. The molecule has 122 valence electrons. The smallest absolute Gasteiger partial charge is 0.235 e. The Hall–Kier alpha value is -2.62. The Kier molecular flexibility index (Phi) is 3.41. The van der Waals surface area contributed by atoms with Gasteiger partial charge in [0.25, 0.3) is 0 Å². The molecule has 2 aromatic rings. The Morgan fingerprint density at radius 2 is 1.83 bits per heavy atom. The molecule has 1 aliphatic carbocycles. The van der Waals surface area contributed by atoms with E-state index in [-0.39, 0.29) is 17.2 Å². The molecule has 0 atom stereocenters. The number of anilines is 2. The number of fused-ring (bicyclic) bond motifs is 1. The molecule has 1 fully saturated rings. The van der Waals surface area contributed by atoms with Gasteiger partial charge in [-0.25, -0.2) is 0 Å². The lowest BCUT2D eigenvalue weighted by Gasteiger charge is -2.17. The van der Waals surface area contributed by atoms with Crippen LogP contribution in [0.1, 0.15) is 30.9 Å². The highest BCUT2D eigenvalue weighted by atomic mass is 16.2. The number of hydrogen-bond acceptors (Lipinski definition) is 2. The summed E-state index contributed by atoms with van der Waals surface area (Å²) in [5, 5.41) is 3.07. The molecule has 24 heavy (non-hydrogen) atoms. The van der Waals surface area contributed by atoms with Gasteiger partial charge in [-0.05, 0) is 48.6 Å². The van der Waals surface area contributed by atoms with E-state index in [1.165, 1.54) is 0 Å². The number of carbonyl (C=O) groups is 2. The van der Waals surface area contributed by atoms with E-state index in [4.69, 9.17) is 0 Å². The van der Waals surface area contributed by atoms with E-state index < -0.39 is 0 Å². The molecule has 1 aliphatic heterocycles. The predicted octanol–water partition coefficient (Wildman–Crippen LogP) is 3.27. The summed E-state index contributed by atoms with van der Waals surface area (Å²) in [5.41, 5.74) is 3.61. The molecule has 1 saturated carbocycles. The van der Waals surface area contributed by atoms with Crippen LogP contribution in [0.3, 0.4) is 0 Å². The monoisotopic (exact) mass is 320 g/mol. The second-order valence-electron chi connectivity index (χ2n) is 6.67. The van der Waals surface area contributed by atoms with Gasteiger partial charge in [-0.15, -0.1) is 0 Å². The maximum absolute atomic E-state index is 12.8. The van der Waals surface area contributed by atoms with Gasteiger partial charge >= 0.3 is 0 Å². The molecule has 0 spiro atoms. The Labute approximate surface area is 141 Å². The highest BCUT2D eigenvalue weighted by Gasteiger charge is 2.51. The van der Waals surface area contributed by atoms with Gasteiger partial charge in [0.05, 0.1) is 5.41 Å². The fraction of sp³-hybridized carbons (Fsp3) is 0.300. The minimum absolute atomic E-state index is 0.0616.